The van der Waals surface area contributed by atoms with E-state index in [1.165, 1.54) is 29.0 Å². The van der Waals surface area contributed by atoms with E-state index in [9.17, 15) is 14.4 Å². The predicted octanol–water partition coefficient (Wildman–Crippen LogP) is -0.344. The summed E-state index contributed by atoms with van der Waals surface area (Å²) in [5.41, 5.74) is -0.961. The Balaban J connectivity index is 2.65. The van der Waals surface area contributed by atoms with Gasteiger partial charge in [0, 0.05) is 24.9 Å². The molecule has 0 aliphatic heterocycles. The third-order valence-corrected chi connectivity index (χ3v) is 1.74. The molecule has 1 heterocycles. The maximum Gasteiger partial charge on any atom is 0.330 e. The second kappa shape index (κ2) is 5.69. The first kappa shape index (κ1) is 12.0. The fourth-order valence-corrected chi connectivity index (χ4v) is 1.04. The zero-order valence-corrected chi connectivity index (χ0v) is 8.80. The fourth-order valence-electron chi connectivity index (χ4n) is 1.04. The number of nitrogens with one attached hydrogen (secondary N) is 1. The summed E-state index contributed by atoms with van der Waals surface area (Å²) in [6.07, 6.45) is 4.08. The van der Waals surface area contributed by atoms with Crippen molar-refractivity contribution < 1.29 is 9.53 Å². The number of esters is 1. The van der Waals surface area contributed by atoms with E-state index in [-0.39, 0.29) is 6.54 Å². The lowest BCUT2D eigenvalue weighted by Gasteiger charge is -1.99. The summed E-state index contributed by atoms with van der Waals surface area (Å²) in [5.74, 6) is -0.458. The van der Waals surface area contributed by atoms with Crippen LogP contribution >= 0.6 is 0 Å². The lowest BCUT2D eigenvalue weighted by Crippen LogP contribution is -2.28. The highest BCUT2D eigenvalue weighted by Gasteiger charge is 1.95. The number of hydrogen-bond donors (Lipinski definition) is 1. The van der Waals surface area contributed by atoms with Gasteiger partial charge < -0.3 is 4.74 Å². The van der Waals surface area contributed by atoms with E-state index in [4.69, 9.17) is 0 Å². The van der Waals surface area contributed by atoms with Gasteiger partial charge in [0.25, 0.3) is 5.56 Å². The van der Waals surface area contributed by atoms with E-state index >= 15 is 0 Å². The van der Waals surface area contributed by atoms with Gasteiger partial charge in [-0.3, -0.25) is 14.3 Å². The minimum Gasteiger partial charge on any atom is -0.463 e. The number of nitrogens with zero attached hydrogens (tertiary/aromatic N) is 1. The van der Waals surface area contributed by atoms with Gasteiger partial charge in [0.05, 0.1) is 6.61 Å². The molecule has 1 aromatic rings. The van der Waals surface area contributed by atoms with Crippen LogP contribution in [0.5, 0.6) is 0 Å². The molecule has 0 aliphatic carbocycles. The molecule has 6 nitrogen and oxygen atoms in total. The zero-order chi connectivity index (χ0) is 12.0. The molecule has 0 spiro atoms. The number of ether oxygens (including phenoxy) is 1. The minimum atomic E-state index is -0.513. The molecule has 1 aromatic heterocycles. The van der Waals surface area contributed by atoms with Crippen LogP contribution in [0.4, 0.5) is 0 Å². The van der Waals surface area contributed by atoms with E-state index in [2.05, 4.69) is 9.72 Å². The van der Waals surface area contributed by atoms with Gasteiger partial charge in [-0.25, -0.2) is 9.59 Å². The van der Waals surface area contributed by atoms with Gasteiger partial charge in [-0.1, -0.05) is 6.08 Å². The summed E-state index contributed by atoms with van der Waals surface area (Å²) in [6, 6.07) is 1.24. The van der Waals surface area contributed by atoms with Crippen molar-refractivity contribution in [2.45, 2.75) is 13.5 Å². The standard InChI is InChI=1S/C10H12N2O4/c1-2-16-9(14)4-3-6-12-7-5-8(13)11-10(12)15/h3-5,7H,2,6H2,1H3,(H,11,13,15)/b4-3+. The molecule has 0 aromatic carbocycles. The highest BCUT2D eigenvalue weighted by Crippen LogP contribution is 1.84. The number of carbonyl (C=O) groups is 1. The molecule has 6 heteroatoms. The van der Waals surface area contributed by atoms with Crippen molar-refractivity contribution in [1.82, 2.24) is 9.55 Å². The van der Waals surface area contributed by atoms with Crippen LogP contribution in [-0.2, 0) is 16.1 Å². The molecule has 0 saturated carbocycles. The second-order valence-corrected chi connectivity index (χ2v) is 2.92. The molecule has 16 heavy (non-hydrogen) atoms. The molecule has 0 aliphatic rings. The Kier molecular flexibility index (Phi) is 4.26. The van der Waals surface area contributed by atoms with Crippen molar-refractivity contribution in [3.8, 4) is 0 Å². The third-order valence-electron chi connectivity index (χ3n) is 1.74. The van der Waals surface area contributed by atoms with Crippen molar-refractivity contribution in [3.05, 3.63) is 45.3 Å². The summed E-state index contributed by atoms with van der Waals surface area (Å²) in [5, 5.41) is 0. The molecule has 0 radical (unpaired) electrons. The number of aromatic nitrogens is 2. The molecule has 0 fully saturated rings. The van der Waals surface area contributed by atoms with Crippen molar-refractivity contribution in [3.63, 3.8) is 0 Å². The highest BCUT2D eigenvalue weighted by atomic mass is 16.5. The van der Waals surface area contributed by atoms with Crippen molar-refractivity contribution >= 4 is 5.97 Å². The van der Waals surface area contributed by atoms with Crippen molar-refractivity contribution in [2.24, 2.45) is 0 Å². The first-order valence-corrected chi connectivity index (χ1v) is 4.76. The largest absolute Gasteiger partial charge is 0.463 e. The Labute approximate surface area is 91.2 Å². The average molecular weight is 224 g/mol. The van der Waals surface area contributed by atoms with Gasteiger partial charge in [0.2, 0.25) is 0 Å². The summed E-state index contributed by atoms with van der Waals surface area (Å²) in [4.78, 5) is 35.0. The normalized spacial score (nSPS) is 10.6. The van der Waals surface area contributed by atoms with Gasteiger partial charge in [0.1, 0.15) is 0 Å². The van der Waals surface area contributed by atoms with Gasteiger partial charge in [-0.15, -0.1) is 0 Å². The van der Waals surface area contributed by atoms with E-state index in [0.717, 1.165) is 0 Å². The second-order valence-electron chi connectivity index (χ2n) is 2.92. The summed E-state index contributed by atoms with van der Waals surface area (Å²) >= 11 is 0. The predicted molar refractivity (Wildman–Crippen MR) is 57.1 cm³/mol. The molecule has 0 atom stereocenters. The van der Waals surface area contributed by atoms with Gasteiger partial charge in [-0.2, -0.15) is 0 Å². The first-order chi connectivity index (χ1) is 7.63. The van der Waals surface area contributed by atoms with E-state index in [1.807, 2.05) is 0 Å². The Morgan fingerprint density at radius 1 is 1.56 bits per heavy atom. The summed E-state index contributed by atoms with van der Waals surface area (Å²) in [6.45, 7) is 2.22. The minimum absolute atomic E-state index is 0.203. The Hall–Kier alpha value is -2.11. The fraction of sp³-hybridized carbons (Fsp3) is 0.300. The van der Waals surface area contributed by atoms with Gasteiger partial charge in [-0.05, 0) is 6.92 Å². The van der Waals surface area contributed by atoms with Crippen LogP contribution in [0.15, 0.2) is 34.0 Å². The lowest BCUT2D eigenvalue weighted by molar-refractivity contribution is -0.137. The molecule has 1 N–H and O–H groups in total. The molecule has 1 rings (SSSR count). The topological polar surface area (TPSA) is 81.2 Å². The number of carbonyl (C=O) groups excluding carboxylic acids is 1. The summed E-state index contributed by atoms with van der Waals surface area (Å²) < 4.78 is 5.92. The third kappa shape index (κ3) is 3.56. The molecule has 86 valence electrons. The van der Waals surface area contributed by atoms with Crippen LogP contribution in [0.3, 0.4) is 0 Å². The Morgan fingerprint density at radius 3 is 2.94 bits per heavy atom. The van der Waals surface area contributed by atoms with Crippen LogP contribution in [0.25, 0.3) is 0 Å². The SMILES string of the molecule is CCOC(=O)/C=C/Cn1ccc(=O)[nH]c1=O. The van der Waals surface area contributed by atoms with Gasteiger partial charge in [0.15, 0.2) is 0 Å². The van der Waals surface area contributed by atoms with Gasteiger partial charge >= 0.3 is 11.7 Å². The monoisotopic (exact) mass is 224 g/mol. The molecule has 0 saturated heterocycles. The molecule has 0 bridgehead atoms. The van der Waals surface area contributed by atoms with Crippen LogP contribution in [-0.4, -0.2) is 22.1 Å². The quantitative estimate of drug-likeness (QED) is 0.560. The maximum absolute atomic E-state index is 11.2. The van der Waals surface area contributed by atoms with Crippen LogP contribution in [0.2, 0.25) is 0 Å². The van der Waals surface area contributed by atoms with E-state index in [1.54, 1.807) is 6.92 Å². The van der Waals surface area contributed by atoms with Crippen molar-refractivity contribution in [2.75, 3.05) is 6.61 Å². The maximum atomic E-state index is 11.2. The number of H-pyrrole nitrogens is 1. The number of hydrogen-bond acceptors (Lipinski definition) is 4. The lowest BCUT2D eigenvalue weighted by atomic mass is 10.4. The average Bonchev–Trinajstić information content (AvgIpc) is 2.22. The Bertz CT molecular complexity index is 498. The molecular formula is C10H12N2O4. The van der Waals surface area contributed by atoms with E-state index in [0.29, 0.717) is 6.61 Å². The zero-order valence-electron chi connectivity index (χ0n) is 8.80. The number of aromatic amines is 1. The highest BCUT2D eigenvalue weighted by molar-refractivity contribution is 5.81. The van der Waals surface area contributed by atoms with E-state index < -0.39 is 17.2 Å². The number of rotatable bonds is 4. The van der Waals surface area contributed by atoms with Crippen LogP contribution < -0.4 is 11.2 Å². The smallest absolute Gasteiger partial charge is 0.330 e. The van der Waals surface area contributed by atoms with Crippen molar-refractivity contribution in [1.29, 1.82) is 0 Å². The number of allylic oxidation sites excluding steroid dienone is 1. The molecule has 0 amide bonds. The van der Waals surface area contributed by atoms with Crippen LogP contribution in [0, 0.1) is 0 Å². The summed E-state index contributed by atoms with van der Waals surface area (Å²) in [7, 11) is 0. The molecular weight excluding hydrogens is 212 g/mol. The molecule has 0 unspecified atom stereocenters. The van der Waals surface area contributed by atoms with Crippen LogP contribution in [0.1, 0.15) is 6.92 Å². The Morgan fingerprint density at radius 2 is 2.31 bits per heavy atom. The first-order valence-electron chi connectivity index (χ1n) is 4.76.